The maximum Gasteiger partial charge on any atom is 0.271 e. The summed E-state index contributed by atoms with van der Waals surface area (Å²) in [4.78, 5) is 12.1. The topological polar surface area (TPSA) is 93.2 Å². The van der Waals surface area contributed by atoms with E-state index in [1.807, 2.05) is 6.92 Å². The van der Waals surface area contributed by atoms with E-state index in [1.165, 1.54) is 4.68 Å². The number of nitrogens with two attached hydrogens (primary N) is 1. The highest BCUT2D eigenvalue weighted by atomic mass is 16.3. The lowest BCUT2D eigenvalue weighted by atomic mass is 10.1. The fourth-order valence-corrected chi connectivity index (χ4v) is 2.68. The molecule has 2 rings (SSSR count). The normalized spacial score (nSPS) is 22.7. The van der Waals surface area contributed by atoms with Gasteiger partial charge in [0.2, 0.25) is 0 Å². The smallest absolute Gasteiger partial charge is 0.271 e. The predicted octanol–water partition coefficient (Wildman–Crippen LogP) is 0.456. The van der Waals surface area contributed by atoms with E-state index >= 15 is 0 Å². The van der Waals surface area contributed by atoms with Gasteiger partial charge >= 0.3 is 0 Å². The molecule has 0 radical (unpaired) electrons. The molecule has 0 aliphatic heterocycles. The Balaban J connectivity index is 1.98. The lowest BCUT2D eigenvalue weighted by Gasteiger charge is -2.11. The van der Waals surface area contributed by atoms with Crippen molar-refractivity contribution in [3.8, 4) is 0 Å². The van der Waals surface area contributed by atoms with Crippen molar-refractivity contribution >= 4 is 11.6 Å². The maximum atomic E-state index is 12.1. The third-order valence-corrected chi connectivity index (χ3v) is 3.78. The number of hydrogen-bond donors (Lipinski definition) is 3. The number of carbonyl (C=O) groups is 1. The number of rotatable bonds is 4. The first kappa shape index (κ1) is 13.9. The predicted molar refractivity (Wildman–Crippen MR) is 72.7 cm³/mol. The summed E-state index contributed by atoms with van der Waals surface area (Å²) in [5, 5.41) is 16.6. The summed E-state index contributed by atoms with van der Waals surface area (Å²) < 4.78 is 1.53. The third kappa shape index (κ3) is 2.89. The first-order valence-corrected chi connectivity index (χ1v) is 6.80. The zero-order valence-electron chi connectivity index (χ0n) is 11.5. The van der Waals surface area contributed by atoms with Crippen LogP contribution in [0, 0.1) is 5.92 Å². The molecule has 19 heavy (non-hydrogen) atoms. The quantitative estimate of drug-likeness (QED) is 0.738. The van der Waals surface area contributed by atoms with Gasteiger partial charge in [-0.05, 0) is 31.6 Å². The van der Waals surface area contributed by atoms with Crippen molar-refractivity contribution in [1.29, 1.82) is 0 Å². The highest BCUT2D eigenvalue weighted by molar-refractivity contribution is 5.97. The Labute approximate surface area is 113 Å². The van der Waals surface area contributed by atoms with Gasteiger partial charge in [0.25, 0.3) is 5.91 Å². The number of nitrogens with zero attached hydrogens (tertiary/aromatic N) is 2. The van der Waals surface area contributed by atoms with Crippen molar-refractivity contribution in [2.24, 2.45) is 13.0 Å². The van der Waals surface area contributed by atoms with Crippen LogP contribution in [0.4, 0.5) is 5.69 Å². The molecular formula is C13H22N4O2. The van der Waals surface area contributed by atoms with Crippen molar-refractivity contribution in [2.45, 2.75) is 38.7 Å². The van der Waals surface area contributed by atoms with Gasteiger partial charge in [0.1, 0.15) is 5.69 Å². The van der Waals surface area contributed by atoms with E-state index in [9.17, 15) is 9.90 Å². The second-order valence-electron chi connectivity index (χ2n) is 5.23. The monoisotopic (exact) mass is 266 g/mol. The summed E-state index contributed by atoms with van der Waals surface area (Å²) in [6.45, 7) is 2.54. The van der Waals surface area contributed by atoms with E-state index in [0.29, 0.717) is 30.3 Å². The summed E-state index contributed by atoms with van der Waals surface area (Å²) in [5.74, 6) is 0.174. The van der Waals surface area contributed by atoms with Gasteiger partial charge in [-0.25, -0.2) is 0 Å². The average molecular weight is 266 g/mol. The average Bonchev–Trinajstić information content (AvgIpc) is 2.90. The van der Waals surface area contributed by atoms with Gasteiger partial charge in [-0.2, -0.15) is 5.10 Å². The zero-order valence-corrected chi connectivity index (χ0v) is 11.5. The van der Waals surface area contributed by atoms with E-state index < -0.39 is 0 Å². The molecule has 1 saturated carbocycles. The van der Waals surface area contributed by atoms with Crippen LogP contribution in [0.1, 0.15) is 42.4 Å². The highest BCUT2D eigenvalue weighted by Gasteiger charge is 2.24. The molecule has 6 heteroatoms. The van der Waals surface area contributed by atoms with Gasteiger partial charge < -0.3 is 16.2 Å². The maximum absolute atomic E-state index is 12.1. The standard InChI is InChI=1S/C13H22N4O2/c1-3-10-11(14)12(17(2)16-10)13(19)15-7-8-4-5-9(18)6-8/h8-9,18H,3-7,14H2,1-2H3,(H,15,19). The summed E-state index contributed by atoms with van der Waals surface area (Å²) in [6, 6.07) is 0. The second-order valence-corrected chi connectivity index (χ2v) is 5.23. The molecule has 4 N–H and O–H groups in total. The van der Waals surface area contributed by atoms with Crippen molar-refractivity contribution in [1.82, 2.24) is 15.1 Å². The molecule has 0 aromatic carbocycles. The van der Waals surface area contributed by atoms with Crippen molar-refractivity contribution in [3.63, 3.8) is 0 Å². The molecule has 2 atom stereocenters. The molecule has 1 aromatic heterocycles. The molecule has 1 aliphatic rings. The number of aliphatic hydroxyl groups excluding tert-OH is 1. The Morgan fingerprint density at radius 1 is 1.58 bits per heavy atom. The van der Waals surface area contributed by atoms with Gasteiger partial charge in [0, 0.05) is 13.6 Å². The molecule has 1 heterocycles. The molecule has 1 fully saturated rings. The van der Waals surface area contributed by atoms with Crippen molar-refractivity contribution < 1.29 is 9.90 Å². The summed E-state index contributed by atoms with van der Waals surface area (Å²) in [7, 11) is 1.73. The minimum absolute atomic E-state index is 0.186. The lowest BCUT2D eigenvalue weighted by Crippen LogP contribution is -2.30. The first-order valence-electron chi connectivity index (χ1n) is 6.80. The van der Waals surface area contributed by atoms with Gasteiger partial charge in [-0.1, -0.05) is 6.92 Å². The SMILES string of the molecule is CCc1nn(C)c(C(=O)NCC2CCC(O)C2)c1N. The van der Waals surface area contributed by atoms with Crippen LogP contribution in [0.3, 0.4) is 0 Å². The number of hydrogen-bond acceptors (Lipinski definition) is 4. The largest absolute Gasteiger partial charge is 0.395 e. The molecule has 106 valence electrons. The number of aliphatic hydroxyl groups is 1. The van der Waals surface area contributed by atoms with Crippen LogP contribution in [0.2, 0.25) is 0 Å². The number of anilines is 1. The van der Waals surface area contributed by atoms with E-state index in [0.717, 1.165) is 25.0 Å². The Morgan fingerprint density at radius 2 is 2.32 bits per heavy atom. The van der Waals surface area contributed by atoms with Crippen LogP contribution in [0.15, 0.2) is 0 Å². The molecule has 0 spiro atoms. The second kappa shape index (κ2) is 5.61. The molecule has 1 aromatic rings. The number of nitrogens with one attached hydrogen (secondary N) is 1. The fraction of sp³-hybridized carbons (Fsp3) is 0.692. The zero-order chi connectivity index (χ0) is 14.0. The number of aryl methyl sites for hydroxylation is 2. The van der Waals surface area contributed by atoms with Crippen LogP contribution in [0.5, 0.6) is 0 Å². The van der Waals surface area contributed by atoms with Crippen LogP contribution < -0.4 is 11.1 Å². The van der Waals surface area contributed by atoms with Crippen LogP contribution >= 0.6 is 0 Å². The molecule has 1 amide bonds. The number of aromatic nitrogens is 2. The third-order valence-electron chi connectivity index (χ3n) is 3.78. The number of amides is 1. The summed E-state index contributed by atoms with van der Waals surface area (Å²) in [5.41, 5.74) is 7.58. The Bertz CT molecular complexity index is 469. The van der Waals surface area contributed by atoms with Crippen molar-refractivity contribution in [3.05, 3.63) is 11.4 Å². The van der Waals surface area contributed by atoms with Crippen molar-refractivity contribution in [2.75, 3.05) is 12.3 Å². The van der Waals surface area contributed by atoms with E-state index in [2.05, 4.69) is 10.4 Å². The number of nitrogen functional groups attached to an aromatic ring is 1. The fourth-order valence-electron chi connectivity index (χ4n) is 2.68. The molecular weight excluding hydrogens is 244 g/mol. The number of carbonyl (C=O) groups excluding carboxylic acids is 1. The molecule has 0 saturated heterocycles. The van der Waals surface area contributed by atoms with E-state index in [4.69, 9.17) is 5.73 Å². The van der Waals surface area contributed by atoms with Gasteiger partial charge in [0.05, 0.1) is 17.5 Å². The Morgan fingerprint density at radius 3 is 2.84 bits per heavy atom. The minimum Gasteiger partial charge on any atom is -0.395 e. The van der Waals surface area contributed by atoms with Crippen LogP contribution in [-0.2, 0) is 13.5 Å². The molecule has 6 nitrogen and oxygen atoms in total. The van der Waals surface area contributed by atoms with Gasteiger partial charge in [-0.3, -0.25) is 9.48 Å². The van der Waals surface area contributed by atoms with E-state index in [-0.39, 0.29) is 12.0 Å². The summed E-state index contributed by atoms with van der Waals surface area (Å²) in [6.07, 6.45) is 3.05. The van der Waals surface area contributed by atoms with Crippen LogP contribution in [0.25, 0.3) is 0 Å². The molecule has 0 bridgehead atoms. The van der Waals surface area contributed by atoms with Crippen LogP contribution in [-0.4, -0.2) is 33.4 Å². The van der Waals surface area contributed by atoms with Gasteiger partial charge in [-0.15, -0.1) is 0 Å². The van der Waals surface area contributed by atoms with Gasteiger partial charge in [0.15, 0.2) is 0 Å². The lowest BCUT2D eigenvalue weighted by molar-refractivity contribution is 0.0936. The summed E-state index contributed by atoms with van der Waals surface area (Å²) >= 11 is 0. The Hall–Kier alpha value is -1.56. The molecule has 2 unspecified atom stereocenters. The highest BCUT2D eigenvalue weighted by Crippen LogP contribution is 2.24. The first-order chi connectivity index (χ1) is 9.02. The molecule has 1 aliphatic carbocycles. The Kier molecular flexibility index (Phi) is 4.09. The minimum atomic E-state index is -0.213. The van der Waals surface area contributed by atoms with E-state index in [1.54, 1.807) is 7.05 Å².